The van der Waals surface area contributed by atoms with E-state index in [9.17, 15) is 4.79 Å². The summed E-state index contributed by atoms with van der Waals surface area (Å²) >= 11 is 6.10. The molecule has 1 aliphatic heterocycles. The second-order valence-corrected chi connectivity index (χ2v) is 9.66. The van der Waals surface area contributed by atoms with E-state index in [0.717, 1.165) is 29.8 Å². The SMILES string of the molecule is COc1ccc(C(=O)N(Cc2c(C)nn(-c3ccccc3)c2Oc2ccc(Cl)cc2)CC2CCCO2)cc1. The molecule has 0 saturated carbocycles. The van der Waals surface area contributed by atoms with Gasteiger partial charge in [-0.2, -0.15) is 5.10 Å². The predicted molar refractivity (Wildman–Crippen MR) is 147 cm³/mol. The molecule has 0 radical (unpaired) electrons. The van der Waals surface area contributed by atoms with E-state index in [-0.39, 0.29) is 12.0 Å². The summed E-state index contributed by atoms with van der Waals surface area (Å²) in [6, 6.07) is 24.2. The fourth-order valence-corrected chi connectivity index (χ4v) is 4.67. The van der Waals surface area contributed by atoms with Crippen LogP contribution in [0.5, 0.6) is 17.4 Å². The highest BCUT2D eigenvalue weighted by atomic mass is 35.5. The zero-order valence-electron chi connectivity index (χ0n) is 21.5. The Morgan fingerprint density at radius 2 is 1.76 bits per heavy atom. The van der Waals surface area contributed by atoms with Crippen LogP contribution in [0.15, 0.2) is 78.9 Å². The number of ether oxygens (including phenoxy) is 3. The van der Waals surface area contributed by atoms with Crippen LogP contribution < -0.4 is 9.47 Å². The molecular formula is C30H30ClN3O4. The maximum absolute atomic E-state index is 13.8. The molecular weight excluding hydrogens is 502 g/mol. The smallest absolute Gasteiger partial charge is 0.254 e. The molecule has 4 aromatic rings. The van der Waals surface area contributed by atoms with Crippen LogP contribution >= 0.6 is 11.6 Å². The van der Waals surface area contributed by atoms with Gasteiger partial charge in [-0.15, -0.1) is 0 Å². The van der Waals surface area contributed by atoms with Crippen molar-refractivity contribution < 1.29 is 19.0 Å². The number of benzene rings is 3. The van der Waals surface area contributed by atoms with E-state index in [2.05, 4.69) is 0 Å². The van der Waals surface area contributed by atoms with Crippen molar-refractivity contribution in [2.45, 2.75) is 32.4 Å². The second-order valence-electron chi connectivity index (χ2n) is 9.22. The summed E-state index contributed by atoms with van der Waals surface area (Å²) in [4.78, 5) is 15.6. The van der Waals surface area contributed by atoms with Gasteiger partial charge in [0, 0.05) is 23.7 Å². The Balaban J connectivity index is 1.53. The van der Waals surface area contributed by atoms with Gasteiger partial charge in [-0.25, -0.2) is 4.68 Å². The Morgan fingerprint density at radius 3 is 2.42 bits per heavy atom. The van der Waals surface area contributed by atoms with Crippen LogP contribution in [-0.2, 0) is 11.3 Å². The quantitative estimate of drug-likeness (QED) is 0.248. The Morgan fingerprint density at radius 1 is 1.05 bits per heavy atom. The molecule has 3 aromatic carbocycles. The summed E-state index contributed by atoms with van der Waals surface area (Å²) < 4.78 is 19.4. The summed E-state index contributed by atoms with van der Waals surface area (Å²) in [7, 11) is 1.61. The molecule has 38 heavy (non-hydrogen) atoms. The van der Waals surface area contributed by atoms with Gasteiger partial charge >= 0.3 is 0 Å². The van der Waals surface area contributed by atoms with E-state index < -0.39 is 0 Å². The zero-order valence-corrected chi connectivity index (χ0v) is 22.2. The molecule has 1 atom stereocenters. The first-order valence-corrected chi connectivity index (χ1v) is 13.0. The lowest BCUT2D eigenvalue weighted by molar-refractivity contribution is 0.0505. The first-order valence-electron chi connectivity index (χ1n) is 12.6. The highest BCUT2D eigenvalue weighted by molar-refractivity contribution is 6.30. The molecule has 1 amide bonds. The Labute approximate surface area is 227 Å². The topological polar surface area (TPSA) is 65.8 Å². The standard InChI is InChI=1S/C30H30ClN3O4/c1-21-28(20-33(19-27-9-6-18-37-27)29(35)22-10-14-25(36-2)15-11-22)30(38-26-16-12-23(31)13-17-26)34(32-21)24-7-4-3-5-8-24/h3-5,7-8,10-17,27H,6,9,18-20H2,1-2H3. The van der Waals surface area contributed by atoms with Crippen LogP contribution in [0.3, 0.4) is 0 Å². The van der Waals surface area contributed by atoms with Crippen molar-refractivity contribution in [1.82, 2.24) is 14.7 Å². The minimum Gasteiger partial charge on any atom is -0.497 e. The van der Waals surface area contributed by atoms with Gasteiger partial charge in [0.15, 0.2) is 0 Å². The van der Waals surface area contributed by atoms with E-state index in [1.165, 1.54) is 0 Å². The Hall–Kier alpha value is -3.81. The molecule has 1 unspecified atom stereocenters. The number of halogens is 1. The second kappa shape index (κ2) is 11.7. The highest BCUT2D eigenvalue weighted by Crippen LogP contribution is 2.33. The van der Waals surface area contributed by atoms with Crippen LogP contribution in [0, 0.1) is 6.92 Å². The van der Waals surface area contributed by atoms with E-state index in [1.807, 2.05) is 54.3 Å². The summed E-state index contributed by atoms with van der Waals surface area (Å²) in [5.74, 6) is 1.79. The highest BCUT2D eigenvalue weighted by Gasteiger charge is 2.28. The molecule has 196 valence electrons. The molecule has 8 heteroatoms. The molecule has 0 aliphatic carbocycles. The van der Waals surface area contributed by atoms with Crippen LogP contribution in [-0.4, -0.2) is 47.0 Å². The van der Waals surface area contributed by atoms with Gasteiger partial charge in [0.2, 0.25) is 5.88 Å². The molecule has 0 N–H and O–H groups in total. The van der Waals surface area contributed by atoms with Crippen molar-refractivity contribution in [2.75, 3.05) is 20.3 Å². The van der Waals surface area contributed by atoms with Crippen molar-refractivity contribution in [1.29, 1.82) is 0 Å². The number of carbonyl (C=O) groups excluding carboxylic acids is 1. The molecule has 0 bridgehead atoms. The molecule has 1 aliphatic rings. The minimum atomic E-state index is -0.0903. The van der Waals surface area contributed by atoms with Gasteiger partial charge in [-0.3, -0.25) is 4.79 Å². The number of amides is 1. The summed E-state index contributed by atoms with van der Waals surface area (Å²) in [6.07, 6.45) is 1.90. The van der Waals surface area contributed by atoms with E-state index in [4.69, 9.17) is 30.9 Å². The average Bonchev–Trinajstić information content (AvgIpc) is 3.57. The molecule has 5 rings (SSSR count). The molecule has 1 aromatic heterocycles. The third-order valence-electron chi connectivity index (χ3n) is 6.59. The molecule has 7 nitrogen and oxygen atoms in total. The van der Waals surface area contributed by atoms with Crippen molar-refractivity contribution in [3.05, 3.63) is 101 Å². The van der Waals surface area contributed by atoms with Crippen LogP contribution in [0.25, 0.3) is 5.69 Å². The number of nitrogens with zero attached hydrogens (tertiary/aromatic N) is 3. The first kappa shape index (κ1) is 25.8. The largest absolute Gasteiger partial charge is 0.497 e. The number of rotatable bonds is 9. The van der Waals surface area contributed by atoms with Gasteiger partial charge in [0.05, 0.1) is 36.7 Å². The zero-order chi connectivity index (χ0) is 26.5. The predicted octanol–water partition coefficient (Wildman–Crippen LogP) is 6.46. The van der Waals surface area contributed by atoms with Crippen molar-refractivity contribution in [2.24, 2.45) is 0 Å². The van der Waals surface area contributed by atoms with Crippen LogP contribution in [0.4, 0.5) is 0 Å². The van der Waals surface area contributed by atoms with Gasteiger partial charge in [0.25, 0.3) is 5.91 Å². The number of para-hydroxylation sites is 1. The van der Waals surface area contributed by atoms with Gasteiger partial charge in [-0.05, 0) is 80.4 Å². The maximum Gasteiger partial charge on any atom is 0.254 e. The van der Waals surface area contributed by atoms with Crippen molar-refractivity contribution >= 4 is 17.5 Å². The monoisotopic (exact) mass is 531 g/mol. The summed E-state index contributed by atoms with van der Waals surface area (Å²) in [6.45, 7) is 3.43. The Kier molecular flexibility index (Phi) is 7.96. The lowest BCUT2D eigenvalue weighted by Crippen LogP contribution is -2.37. The lowest BCUT2D eigenvalue weighted by atomic mass is 10.1. The number of aromatic nitrogens is 2. The fraction of sp³-hybridized carbons (Fsp3) is 0.267. The van der Waals surface area contributed by atoms with E-state index in [1.54, 1.807) is 48.2 Å². The molecule has 0 spiro atoms. The minimum absolute atomic E-state index is 0.0118. The van der Waals surface area contributed by atoms with Crippen LogP contribution in [0.1, 0.15) is 34.5 Å². The number of hydrogen-bond donors (Lipinski definition) is 0. The van der Waals surface area contributed by atoms with Crippen LogP contribution in [0.2, 0.25) is 5.02 Å². The number of methoxy groups -OCH3 is 1. The summed E-state index contributed by atoms with van der Waals surface area (Å²) in [5.41, 5.74) is 3.04. The molecule has 2 heterocycles. The van der Waals surface area contributed by atoms with Gasteiger partial charge in [0.1, 0.15) is 11.5 Å². The summed E-state index contributed by atoms with van der Waals surface area (Å²) in [5, 5.41) is 5.44. The fourth-order valence-electron chi connectivity index (χ4n) is 4.54. The van der Waals surface area contributed by atoms with E-state index in [0.29, 0.717) is 47.7 Å². The number of carbonyl (C=O) groups is 1. The van der Waals surface area contributed by atoms with E-state index >= 15 is 0 Å². The normalized spacial score (nSPS) is 14.9. The van der Waals surface area contributed by atoms with Crippen molar-refractivity contribution in [3.8, 4) is 23.1 Å². The number of aryl methyl sites for hydroxylation is 1. The first-order chi connectivity index (χ1) is 18.5. The molecule has 1 saturated heterocycles. The average molecular weight is 532 g/mol. The van der Waals surface area contributed by atoms with Crippen molar-refractivity contribution in [3.63, 3.8) is 0 Å². The number of hydrogen-bond acceptors (Lipinski definition) is 5. The van der Waals surface area contributed by atoms with Gasteiger partial charge < -0.3 is 19.1 Å². The third-order valence-corrected chi connectivity index (χ3v) is 6.84. The maximum atomic E-state index is 13.8. The lowest BCUT2D eigenvalue weighted by Gasteiger charge is -2.26. The Bertz CT molecular complexity index is 1370. The van der Waals surface area contributed by atoms with Gasteiger partial charge in [-0.1, -0.05) is 29.8 Å². The molecule has 1 fully saturated rings. The third kappa shape index (κ3) is 5.85.